The van der Waals surface area contributed by atoms with Crippen LogP contribution in [-0.2, 0) is 0 Å². The Morgan fingerprint density at radius 2 is 1.58 bits per heavy atom. The number of ether oxygens (including phenoxy) is 1. The average Bonchev–Trinajstić information content (AvgIpc) is 3.02. The van der Waals surface area contributed by atoms with Crippen molar-refractivity contribution in [1.82, 2.24) is 5.32 Å². The van der Waals surface area contributed by atoms with Crippen LogP contribution in [0.1, 0.15) is 35.3 Å². The largest absolute Gasteiger partial charge is 0.492 e. The predicted octanol–water partition coefficient (Wildman–Crippen LogP) is 5.21. The third-order valence-corrected chi connectivity index (χ3v) is 5.61. The summed E-state index contributed by atoms with van der Waals surface area (Å²) in [4.78, 5) is 24.1. The molecule has 1 fully saturated rings. The second-order valence-electron chi connectivity index (χ2n) is 8.15. The molecule has 0 saturated heterocycles. The van der Waals surface area contributed by atoms with Gasteiger partial charge in [-0.05, 0) is 49.2 Å². The number of rotatable bonds is 5. The minimum absolute atomic E-state index is 0.141. The molecule has 3 rings (SSSR count). The number of carbonyl (C=O) groups is 2. The van der Waals surface area contributed by atoms with Gasteiger partial charge in [0.25, 0.3) is 11.8 Å². The highest BCUT2D eigenvalue weighted by Crippen LogP contribution is 2.65. The van der Waals surface area contributed by atoms with Gasteiger partial charge in [0.2, 0.25) is 0 Å². The molecule has 0 heterocycles. The predicted molar refractivity (Wildman–Crippen MR) is 106 cm³/mol. The standard InChI is InChI=1S/C22H22F4N2O3/c1-11-8-13(9-12(2)18(11)31-10-16-21(3,4)22(16,25)26)27-20(30)28-19(29)17-14(23)6-5-7-15(17)24/h5-9,16H,10H2,1-4H3,(H2,27,28,29,30). The summed E-state index contributed by atoms with van der Waals surface area (Å²) in [7, 11) is 0. The zero-order valence-electron chi connectivity index (χ0n) is 17.4. The summed E-state index contributed by atoms with van der Waals surface area (Å²) < 4.78 is 60.5. The molecule has 1 saturated carbocycles. The molecule has 0 aromatic heterocycles. The van der Waals surface area contributed by atoms with Gasteiger partial charge in [-0.15, -0.1) is 0 Å². The van der Waals surface area contributed by atoms with E-state index in [0.717, 1.165) is 18.2 Å². The summed E-state index contributed by atoms with van der Waals surface area (Å²) in [6, 6.07) is 4.99. The Labute approximate surface area is 176 Å². The van der Waals surface area contributed by atoms with Gasteiger partial charge in [-0.2, -0.15) is 0 Å². The smallest absolute Gasteiger partial charge is 0.326 e. The Kier molecular flexibility index (Phi) is 5.73. The number of urea groups is 1. The van der Waals surface area contributed by atoms with E-state index in [-0.39, 0.29) is 6.61 Å². The summed E-state index contributed by atoms with van der Waals surface area (Å²) in [5, 5.41) is 4.27. The van der Waals surface area contributed by atoms with Gasteiger partial charge in [0.05, 0.1) is 12.5 Å². The van der Waals surface area contributed by atoms with E-state index in [9.17, 15) is 27.2 Å². The minimum atomic E-state index is -2.78. The monoisotopic (exact) mass is 438 g/mol. The maximum atomic E-state index is 13.8. The quantitative estimate of drug-likeness (QED) is 0.630. The van der Waals surface area contributed by atoms with E-state index >= 15 is 0 Å². The summed E-state index contributed by atoms with van der Waals surface area (Å²) in [5.41, 5.74) is -0.516. The number of aryl methyl sites for hydroxylation is 2. The van der Waals surface area contributed by atoms with E-state index < -0.39 is 46.4 Å². The molecule has 1 unspecified atom stereocenters. The topological polar surface area (TPSA) is 67.4 Å². The highest BCUT2D eigenvalue weighted by atomic mass is 19.3. The lowest BCUT2D eigenvalue weighted by atomic mass is 10.1. The van der Waals surface area contributed by atoms with Gasteiger partial charge in [-0.1, -0.05) is 19.9 Å². The molecule has 166 valence electrons. The summed E-state index contributed by atoms with van der Waals surface area (Å²) in [6.07, 6.45) is 0. The zero-order chi connectivity index (χ0) is 23.1. The van der Waals surface area contributed by atoms with E-state index in [0.29, 0.717) is 22.6 Å². The van der Waals surface area contributed by atoms with Crippen LogP contribution in [0.25, 0.3) is 0 Å². The molecule has 0 bridgehead atoms. The van der Waals surface area contributed by atoms with Crippen molar-refractivity contribution in [2.45, 2.75) is 33.6 Å². The lowest BCUT2D eigenvalue weighted by Gasteiger charge is -2.15. The molecular weight excluding hydrogens is 416 g/mol. The molecule has 5 nitrogen and oxygen atoms in total. The molecule has 0 aliphatic heterocycles. The number of amides is 3. The van der Waals surface area contributed by atoms with Crippen molar-refractivity contribution in [1.29, 1.82) is 0 Å². The SMILES string of the molecule is Cc1cc(NC(=O)NC(=O)c2c(F)cccc2F)cc(C)c1OCC1C(C)(C)C1(F)F. The fraction of sp³-hybridized carbons (Fsp3) is 0.364. The Morgan fingerprint density at radius 1 is 1.06 bits per heavy atom. The van der Waals surface area contributed by atoms with E-state index in [1.807, 2.05) is 5.32 Å². The molecule has 2 aromatic carbocycles. The van der Waals surface area contributed by atoms with Crippen LogP contribution in [0.3, 0.4) is 0 Å². The molecular formula is C22H22F4N2O3. The van der Waals surface area contributed by atoms with Gasteiger partial charge < -0.3 is 10.1 Å². The first-order valence-electron chi connectivity index (χ1n) is 9.54. The second-order valence-corrected chi connectivity index (χ2v) is 8.15. The van der Waals surface area contributed by atoms with Crippen molar-refractivity contribution in [3.63, 3.8) is 0 Å². The van der Waals surface area contributed by atoms with Crippen LogP contribution < -0.4 is 15.4 Å². The first-order chi connectivity index (χ1) is 14.4. The highest BCUT2D eigenvalue weighted by molar-refractivity contribution is 6.08. The number of imide groups is 1. The van der Waals surface area contributed by atoms with Crippen LogP contribution in [0.4, 0.5) is 28.0 Å². The normalized spacial score (nSPS) is 18.3. The van der Waals surface area contributed by atoms with Crippen molar-refractivity contribution < 1.29 is 31.9 Å². The second kappa shape index (κ2) is 7.86. The van der Waals surface area contributed by atoms with Crippen molar-refractivity contribution in [2.24, 2.45) is 11.3 Å². The fourth-order valence-corrected chi connectivity index (χ4v) is 3.53. The van der Waals surface area contributed by atoms with Crippen LogP contribution in [-0.4, -0.2) is 24.5 Å². The van der Waals surface area contributed by atoms with Crippen LogP contribution in [0.2, 0.25) is 0 Å². The highest BCUT2D eigenvalue weighted by Gasteiger charge is 2.75. The zero-order valence-corrected chi connectivity index (χ0v) is 17.4. The lowest BCUT2D eigenvalue weighted by molar-refractivity contribution is 0.0607. The summed E-state index contributed by atoms with van der Waals surface area (Å²) >= 11 is 0. The van der Waals surface area contributed by atoms with Gasteiger partial charge in [0.1, 0.15) is 22.9 Å². The number of alkyl halides is 2. The molecule has 0 radical (unpaired) electrons. The van der Waals surface area contributed by atoms with Gasteiger partial charge in [-0.25, -0.2) is 22.4 Å². The number of benzene rings is 2. The van der Waals surface area contributed by atoms with E-state index in [4.69, 9.17) is 4.74 Å². The molecule has 1 aliphatic carbocycles. The fourth-order valence-electron chi connectivity index (χ4n) is 3.53. The Bertz CT molecular complexity index is 996. The number of hydrogen-bond donors (Lipinski definition) is 2. The minimum Gasteiger partial charge on any atom is -0.492 e. The number of nitrogens with one attached hydrogen (secondary N) is 2. The van der Waals surface area contributed by atoms with Gasteiger partial charge >= 0.3 is 6.03 Å². The molecule has 1 atom stereocenters. The third-order valence-electron chi connectivity index (χ3n) is 5.61. The van der Waals surface area contributed by atoms with E-state index in [2.05, 4.69) is 5.32 Å². The van der Waals surface area contributed by atoms with Crippen molar-refractivity contribution in [3.05, 3.63) is 58.7 Å². The van der Waals surface area contributed by atoms with Gasteiger partial charge in [-0.3, -0.25) is 10.1 Å². The Balaban J connectivity index is 1.65. The molecule has 3 amide bonds. The van der Waals surface area contributed by atoms with Crippen molar-refractivity contribution in [2.75, 3.05) is 11.9 Å². The first-order valence-corrected chi connectivity index (χ1v) is 9.54. The van der Waals surface area contributed by atoms with Gasteiger partial charge in [0.15, 0.2) is 0 Å². The number of anilines is 1. The molecule has 31 heavy (non-hydrogen) atoms. The maximum Gasteiger partial charge on any atom is 0.326 e. The average molecular weight is 438 g/mol. The first kappa shape index (κ1) is 22.6. The van der Waals surface area contributed by atoms with E-state index in [1.54, 1.807) is 13.8 Å². The number of carbonyl (C=O) groups excluding carboxylic acids is 2. The van der Waals surface area contributed by atoms with Crippen LogP contribution in [0, 0.1) is 36.8 Å². The Morgan fingerprint density at radius 3 is 2.06 bits per heavy atom. The number of halogens is 4. The van der Waals surface area contributed by atoms with Gasteiger partial charge in [0, 0.05) is 11.1 Å². The van der Waals surface area contributed by atoms with E-state index in [1.165, 1.54) is 26.0 Å². The lowest BCUT2D eigenvalue weighted by Crippen LogP contribution is -2.35. The third kappa shape index (κ3) is 4.22. The van der Waals surface area contributed by atoms with Crippen LogP contribution in [0.15, 0.2) is 30.3 Å². The van der Waals surface area contributed by atoms with Crippen LogP contribution in [0.5, 0.6) is 5.75 Å². The molecule has 0 spiro atoms. The molecule has 2 N–H and O–H groups in total. The molecule has 2 aromatic rings. The van der Waals surface area contributed by atoms with Crippen molar-refractivity contribution >= 4 is 17.6 Å². The number of hydrogen-bond acceptors (Lipinski definition) is 3. The molecule has 9 heteroatoms. The summed E-state index contributed by atoms with van der Waals surface area (Å²) in [6.45, 7) is 6.20. The summed E-state index contributed by atoms with van der Waals surface area (Å²) in [5.74, 6) is -6.65. The Hall–Kier alpha value is -3.10. The molecule has 1 aliphatic rings. The van der Waals surface area contributed by atoms with Crippen LogP contribution >= 0.6 is 0 Å². The van der Waals surface area contributed by atoms with Crippen molar-refractivity contribution in [3.8, 4) is 5.75 Å². The maximum absolute atomic E-state index is 13.8.